The maximum atomic E-state index is 14.3. The number of nitrogens with zero attached hydrogens (tertiary/aromatic N) is 2. The first-order valence-corrected chi connectivity index (χ1v) is 16.2. The van der Waals surface area contributed by atoms with Gasteiger partial charge < -0.3 is 19.6 Å². The number of carboxylic acid groups (broad SMARTS) is 1. The first kappa shape index (κ1) is 37.4. The van der Waals surface area contributed by atoms with Crippen molar-refractivity contribution in [3.63, 3.8) is 0 Å². The van der Waals surface area contributed by atoms with E-state index in [1.807, 2.05) is 23.1 Å². The average Bonchev–Trinajstić information content (AvgIpc) is 3.65. The molecule has 4 atom stereocenters. The number of amides is 1. The van der Waals surface area contributed by atoms with Crippen molar-refractivity contribution in [3.8, 4) is 0 Å². The summed E-state index contributed by atoms with van der Waals surface area (Å²) in [5.74, 6) is -0.0775. The normalized spacial score (nSPS) is 23.3. The standard InChI is InChI=1S/C34H45ClFN3O4.2ClH/c1-3-15-39(33(42)43-22-24-7-9-28(35)10-8-24)30-11-16-38(17-12-30)21-26-18-27(34(13-14-34)37-23(2)32(40)41)20-31(26)25-5-4-6-29(36)19-25;;/h4-10,19,23,26-27,30-31,37H,3,11-18,20-22H2,1-2H3,(H,40,41);2*1H/t23-,26+,27-,31+;;/m0../s1. The molecule has 11 heteroatoms. The van der Waals surface area contributed by atoms with Gasteiger partial charge in [-0.15, -0.1) is 24.8 Å². The monoisotopic (exact) mass is 685 g/mol. The lowest BCUT2D eigenvalue weighted by Gasteiger charge is -2.39. The number of halogens is 4. The lowest BCUT2D eigenvalue weighted by Crippen LogP contribution is -2.49. The van der Waals surface area contributed by atoms with Crippen molar-refractivity contribution in [3.05, 3.63) is 70.5 Å². The number of rotatable bonds is 12. The molecule has 1 aliphatic heterocycles. The van der Waals surface area contributed by atoms with Crippen molar-refractivity contribution >= 4 is 48.5 Å². The first-order valence-electron chi connectivity index (χ1n) is 15.8. The Balaban J connectivity index is 0.00000276. The summed E-state index contributed by atoms with van der Waals surface area (Å²) in [4.78, 5) is 29.1. The van der Waals surface area contributed by atoms with Crippen molar-refractivity contribution < 1.29 is 23.8 Å². The highest BCUT2D eigenvalue weighted by molar-refractivity contribution is 6.30. The molecule has 3 fully saturated rings. The fourth-order valence-electron chi connectivity index (χ4n) is 7.44. The second-order valence-corrected chi connectivity index (χ2v) is 13.3. The molecule has 0 radical (unpaired) electrons. The van der Waals surface area contributed by atoms with Crippen LogP contribution in [0.3, 0.4) is 0 Å². The number of aliphatic carboxylic acids is 1. The van der Waals surface area contributed by atoms with E-state index in [4.69, 9.17) is 16.3 Å². The van der Waals surface area contributed by atoms with E-state index in [-0.39, 0.29) is 60.8 Å². The Morgan fingerprint density at radius 1 is 1.13 bits per heavy atom. The minimum Gasteiger partial charge on any atom is -0.480 e. The Morgan fingerprint density at radius 2 is 1.82 bits per heavy atom. The van der Waals surface area contributed by atoms with Crippen LogP contribution < -0.4 is 5.32 Å². The second kappa shape index (κ2) is 16.6. The molecule has 45 heavy (non-hydrogen) atoms. The Kier molecular flexibility index (Phi) is 13.8. The topological polar surface area (TPSA) is 82.1 Å². The molecule has 5 rings (SSSR count). The molecule has 2 N–H and O–H groups in total. The highest BCUT2D eigenvalue weighted by atomic mass is 35.5. The zero-order valence-electron chi connectivity index (χ0n) is 26.1. The maximum Gasteiger partial charge on any atom is 0.410 e. The lowest BCUT2D eigenvalue weighted by atomic mass is 9.87. The molecule has 250 valence electrons. The molecule has 2 saturated carbocycles. The van der Waals surface area contributed by atoms with Gasteiger partial charge in [-0.25, -0.2) is 9.18 Å². The van der Waals surface area contributed by atoms with Gasteiger partial charge in [0.05, 0.1) is 0 Å². The Labute approximate surface area is 284 Å². The van der Waals surface area contributed by atoms with Gasteiger partial charge in [0.2, 0.25) is 0 Å². The summed E-state index contributed by atoms with van der Waals surface area (Å²) in [6, 6.07) is 13.9. The summed E-state index contributed by atoms with van der Waals surface area (Å²) in [6.07, 6.45) is 6.29. The van der Waals surface area contributed by atoms with Crippen LogP contribution in [0.1, 0.15) is 75.8 Å². The molecule has 0 unspecified atom stereocenters. The van der Waals surface area contributed by atoms with Crippen molar-refractivity contribution in [2.24, 2.45) is 11.8 Å². The van der Waals surface area contributed by atoms with Crippen LogP contribution in [0.5, 0.6) is 0 Å². The van der Waals surface area contributed by atoms with Crippen LogP contribution in [0.15, 0.2) is 48.5 Å². The molecular formula is C34H47Cl3FN3O4. The maximum absolute atomic E-state index is 14.3. The summed E-state index contributed by atoms with van der Waals surface area (Å²) >= 11 is 5.98. The number of nitrogens with one attached hydrogen (secondary N) is 1. The number of ether oxygens (including phenoxy) is 1. The summed E-state index contributed by atoms with van der Waals surface area (Å²) in [5.41, 5.74) is 1.83. The van der Waals surface area contributed by atoms with Crippen LogP contribution in [0.25, 0.3) is 0 Å². The quantitative estimate of drug-likeness (QED) is 0.240. The van der Waals surface area contributed by atoms with Crippen molar-refractivity contribution in [1.82, 2.24) is 15.1 Å². The number of carbonyl (C=O) groups is 2. The van der Waals surface area contributed by atoms with Crippen LogP contribution in [0.2, 0.25) is 5.02 Å². The number of piperidine rings is 1. The van der Waals surface area contributed by atoms with E-state index >= 15 is 0 Å². The van der Waals surface area contributed by atoms with Gasteiger partial charge >= 0.3 is 12.1 Å². The van der Waals surface area contributed by atoms with Gasteiger partial charge in [-0.2, -0.15) is 0 Å². The molecule has 0 spiro atoms. The van der Waals surface area contributed by atoms with Crippen LogP contribution in [-0.2, 0) is 16.1 Å². The van der Waals surface area contributed by atoms with Gasteiger partial charge in [0, 0.05) is 42.8 Å². The number of benzene rings is 2. The molecule has 2 aliphatic carbocycles. The van der Waals surface area contributed by atoms with E-state index < -0.39 is 12.0 Å². The molecule has 1 amide bonds. The van der Waals surface area contributed by atoms with Crippen molar-refractivity contribution in [2.75, 3.05) is 26.2 Å². The van der Waals surface area contributed by atoms with E-state index in [0.717, 1.165) is 75.7 Å². The molecule has 2 aromatic carbocycles. The van der Waals surface area contributed by atoms with Gasteiger partial charge in [0.15, 0.2) is 0 Å². The fourth-order valence-corrected chi connectivity index (χ4v) is 7.57. The number of hydrogen-bond donors (Lipinski definition) is 2. The van der Waals surface area contributed by atoms with Crippen molar-refractivity contribution in [1.29, 1.82) is 0 Å². The number of likely N-dealkylation sites (tertiary alicyclic amines) is 1. The van der Waals surface area contributed by atoms with E-state index in [1.54, 1.807) is 31.2 Å². The summed E-state index contributed by atoms with van der Waals surface area (Å²) in [5, 5.41) is 13.6. The average molecular weight is 687 g/mol. The van der Waals surface area contributed by atoms with Crippen molar-refractivity contribution in [2.45, 2.75) is 88.9 Å². The molecule has 2 aromatic rings. The molecule has 1 saturated heterocycles. The Bertz CT molecular complexity index is 1260. The van der Waals surface area contributed by atoms with E-state index in [2.05, 4.69) is 17.1 Å². The Morgan fingerprint density at radius 3 is 2.42 bits per heavy atom. The third-order valence-corrected chi connectivity index (χ3v) is 10.1. The molecule has 0 bridgehead atoms. The lowest BCUT2D eigenvalue weighted by molar-refractivity contribution is -0.139. The van der Waals surface area contributed by atoms with Gasteiger partial charge in [-0.1, -0.05) is 42.8 Å². The minimum atomic E-state index is -0.823. The van der Waals surface area contributed by atoms with E-state index in [0.29, 0.717) is 23.4 Å². The van der Waals surface area contributed by atoms with Gasteiger partial charge in [0.25, 0.3) is 0 Å². The third-order valence-electron chi connectivity index (χ3n) is 9.88. The van der Waals surface area contributed by atoms with Gasteiger partial charge in [0.1, 0.15) is 18.5 Å². The van der Waals surface area contributed by atoms with Crippen LogP contribution in [0, 0.1) is 17.7 Å². The largest absolute Gasteiger partial charge is 0.480 e. The minimum absolute atomic E-state index is 0. The summed E-state index contributed by atoms with van der Waals surface area (Å²) in [7, 11) is 0. The Hall–Kier alpha value is -2.10. The SMILES string of the molecule is CCCN(C(=O)OCc1ccc(Cl)cc1)C1CCN(C[C@H]2C[C@H](C3(N[C@@H](C)C(=O)O)CC3)C[C@@H]2c2cccc(F)c2)CC1.Cl.Cl. The summed E-state index contributed by atoms with van der Waals surface area (Å²) < 4.78 is 20.0. The van der Waals surface area contributed by atoms with Gasteiger partial charge in [-0.05, 0) is 105 Å². The predicted molar refractivity (Wildman–Crippen MR) is 180 cm³/mol. The highest BCUT2D eigenvalue weighted by Gasteiger charge is 2.54. The zero-order chi connectivity index (χ0) is 30.6. The smallest absolute Gasteiger partial charge is 0.410 e. The van der Waals surface area contributed by atoms with Crippen LogP contribution >= 0.6 is 36.4 Å². The van der Waals surface area contributed by atoms with E-state index in [9.17, 15) is 19.1 Å². The molecule has 1 heterocycles. The molecular weight excluding hydrogens is 640 g/mol. The van der Waals surface area contributed by atoms with E-state index in [1.165, 1.54) is 6.07 Å². The highest BCUT2D eigenvalue weighted by Crippen LogP contribution is 2.55. The molecule has 7 nitrogen and oxygen atoms in total. The first-order chi connectivity index (χ1) is 20.7. The second-order valence-electron chi connectivity index (χ2n) is 12.9. The van der Waals surface area contributed by atoms with Crippen LogP contribution in [-0.4, -0.2) is 70.8 Å². The zero-order valence-corrected chi connectivity index (χ0v) is 28.5. The number of hydrogen-bond acceptors (Lipinski definition) is 5. The third kappa shape index (κ3) is 9.48. The summed E-state index contributed by atoms with van der Waals surface area (Å²) in [6.45, 7) is 7.40. The molecule has 0 aromatic heterocycles. The number of carboxylic acids is 1. The van der Waals surface area contributed by atoms with Crippen LogP contribution in [0.4, 0.5) is 9.18 Å². The molecule has 3 aliphatic rings. The number of carbonyl (C=O) groups excluding carboxylic acids is 1. The van der Waals surface area contributed by atoms with Gasteiger partial charge in [-0.3, -0.25) is 10.1 Å². The fraction of sp³-hybridized carbons (Fsp3) is 0.588. The predicted octanol–water partition coefficient (Wildman–Crippen LogP) is 7.54.